The van der Waals surface area contributed by atoms with Gasteiger partial charge in [-0.2, -0.15) is 0 Å². The highest BCUT2D eigenvalue weighted by Crippen LogP contribution is 2.35. The van der Waals surface area contributed by atoms with Crippen molar-refractivity contribution in [3.8, 4) is 12.3 Å². The van der Waals surface area contributed by atoms with Crippen LogP contribution in [-0.2, 0) is 4.74 Å². The second-order valence-corrected chi connectivity index (χ2v) is 5.49. The zero-order valence-electron chi connectivity index (χ0n) is 11.3. The van der Waals surface area contributed by atoms with Gasteiger partial charge < -0.3 is 19.5 Å². The normalized spacial score (nSPS) is 26.6. The third kappa shape index (κ3) is 3.31. The molecule has 0 aromatic heterocycles. The van der Waals surface area contributed by atoms with Gasteiger partial charge in [0, 0.05) is 6.54 Å². The molecular weight excluding hydrogens is 248 g/mol. The van der Waals surface area contributed by atoms with Crippen molar-refractivity contribution < 1.29 is 14.6 Å². The summed E-state index contributed by atoms with van der Waals surface area (Å²) < 4.78 is 5.42. The molecule has 19 heavy (non-hydrogen) atoms. The molecule has 0 spiro atoms. The summed E-state index contributed by atoms with van der Waals surface area (Å²) in [6.45, 7) is 5.86. The molecule has 0 aromatic carbocycles. The Labute approximate surface area is 112 Å². The van der Waals surface area contributed by atoms with Crippen LogP contribution < -0.4 is 10.0 Å². The lowest BCUT2D eigenvalue weighted by molar-refractivity contribution is -0.268. The minimum absolute atomic E-state index is 0.0619. The van der Waals surface area contributed by atoms with Crippen LogP contribution in [0.2, 0.25) is 0 Å². The third-order valence-corrected chi connectivity index (χ3v) is 3.11. The summed E-state index contributed by atoms with van der Waals surface area (Å²) in [5.41, 5.74) is 6.50. The molecule has 1 aliphatic rings. The quantitative estimate of drug-likeness (QED) is 0.441. The van der Waals surface area contributed by atoms with Gasteiger partial charge in [0.2, 0.25) is 4.91 Å². The highest BCUT2D eigenvalue weighted by atomic mass is 16.5. The van der Waals surface area contributed by atoms with Crippen molar-refractivity contribution in [1.29, 1.82) is 5.53 Å². The van der Waals surface area contributed by atoms with Crippen LogP contribution in [0.3, 0.4) is 0 Å². The molecule has 0 aliphatic carbocycles. The zero-order valence-corrected chi connectivity index (χ0v) is 11.3. The molecule has 1 rings (SSSR count). The van der Waals surface area contributed by atoms with Gasteiger partial charge in [-0.05, 0) is 5.41 Å². The summed E-state index contributed by atoms with van der Waals surface area (Å²) in [6, 6.07) is -1.02. The Bertz CT molecular complexity index is 431. The first-order chi connectivity index (χ1) is 8.82. The molecule has 0 radical (unpaired) electrons. The average molecular weight is 266 g/mol. The monoisotopic (exact) mass is 266 g/mol. The van der Waals surface area contributed by atoms with E-state index in [1.807, 2.05) is 20.8 Å². The number of carbonyl (C=O) groups excluding carboxylic acids is 1. The summed E-state index contributed by atoms with van der Waals surface area (Å²) in [6.07, 6.45) is 3.34. The molecule has 104 valence electrons. The van der Waals surface area contributed by atoms with Gasteiger partial charge in [0.15, 0.2) is 6.04 Å². The maximum atomic E-state index is 11.2. The predicted octanol–water partition coefficient (Wildman–Crippen LogP) is -0.00263. The topological polar surface area (TPSA) is 103 Å². The molecule has 1 saturated heterocycles. The van der Waals surface area contributed by atoms with Crippen molar-refractivity contribution >= 4 is 6.09 Å². The molecule has 1 N–H and O–H groups in total. The molecule has 1 aliphatic heterocycles. The molecule has 1 amide bonds. The molecule has 1 heterocycles. The van der Waals surface area contributed by atoms with Crippen molar-refractivity contribution in [3.63, 3.8) is 0 Å². The second kappa shape index (κ2) is 5.83. The van der Waals surface area contributed by atoms with Gasteiger partial charge in [0.1, 0.15) is 29.4 Å². The smallest absolute Gasteiger partial charge is 0.214 e. The zero-order chi connectivity index (χ0) is 14.6. The predicted molar refractivity (Wildman–Crippen MR) is 65.0 cm³/mol. The molecule has 1 unspecified atom stereocenters. The molecule has 7 heteroatoms. The average Bonchev–Trinajstić information content (AvgIpc) is 2.65. The summed E-state index contributed by atoms with van der Waals surface area (Å²) in [5, 5.41) is 15.0. The summed E-state index contributed by atoms with van der Waals surface area (Å²) in [7, 11) is 0. The van der Waals surface area contributed by atoms with E-state index in [2.05, 4.69) is 15.9 Å². The van der Waals surface area contributed by atoms with Gasteiger partial charge in [0.25, 0.3) is 0 Å². The van der Waals surface area contributed by atoms with Gasteiger partial charge in [-0.15, -0.1) is 6.42 Å². The molecule has 0 aromatic rings. The van der Waals surface area contributed by atoms with Gasteiger partial charge in [-0.1, -0.05) is 26.7 Å². The Kier molecular flexibility index (Phi) is 4.65. The Morgan fingerprint density at radius 3 is 2.74 bits per heavy atom. The van der Waals surface area contributed by atoms with Gasteiger partial charge in [-0.3, -0.25) is 0 Å². The third-order valence-electron chi connectivity index (χ3n) is 3.11. The van der Waals surface area contributed by atoms with Crippen LogP contribution >= 0.6 is 0 Å². The number of nitrogens with zero attached hydrogens (tertiary/aromatic N) is 3. The number of carboxylic acid groups (broad SMARTS) is 1. The van der Waals surface area contributed by atoms with E-state index in [9.17, 15) is 9.90 Å². The number of ether oxygens (including phenoxy) is 1. The number of carbonyl (C=O) groups is 1. The number of terminal acetylenes is 1. The van der Waals surface area contributed by atoms with E-state index in [-0.39, 0.29) is 18.6 Å². The standard InChI is InChI=1S/C12H18N4O3/c1-5-6-19-8-7-16(11(17)18)10(12(2,3)4)9(8)14-15-13/h1,8-10,13H,6-7H2,2-4H3/t8-,9+,10?/m1/s1. The molecule has 0 saturated carbocycles. The van der Waals surface area contributed by atoms with E-state index in [0.29, 0.717) is 0 Å². The molecule has 3 atom stereocenters. The number of amides is 1. The number of rotatable bonds is 3. The molecule has 0 bridgehead atoms. The first kappa shape index (κ1) is 15.2. The molecule has 7 nitrogen and oxygen atoms in total. The lowest BCUT2D eigenvalue weighted by Gasteiger charge is -2.36. The van der Waals surface area contributed by atoms with Crippen molar-refractivity contribution in [1.82, 2.24) is 9.81 Å². The van der Waals surface area contributed by atoms with Gasteiger partial charge >= 0.3 is 0 Å². The Morgan fingerprint density at radius 2 is 2.32 bits per heavy atom. The highest BCUT2D eigenvalue weighted by molar-refractivity contribution is 5.64. The van der Waals surface area contributed by atoms with Crippen LogP contribution in [0.25, 0.3) is 0 Å². The van der Waals surface area contributed by atoms with E-state index in [1.54, 1.807) is 0 Å². The van der Waals surface area contributed by atoms with Crippen LogP contribution in [0.1, 0.15) is 20.8 Å². The maximum absolute atomic E-state index is 11.2. The minimum atomic E-state index is -1.28. The lowest BCUT2D eigenvalue weighted by Crippen LogP contribution is -2.51. The Hall–Kier alpha value is -1.90. The van der Waals surface area contributed by atoms with E-state index >= 15 is 0 Å². The number of hydrogen-bond acceptors (Lipinski definition) is 5. The van der Waals surface area contributed by atoms with E-state index < -0.39 is 24.3 Å². The van der Waals surface area contributed by atoms with Crippen molar-refractivity contribution in [2.45, 2.75) is 39.0 Å². The first-order valence-electron chi connectivity index (χ1n) is 5.92. The fraction of sp³-hybridized carbons (Fsp3) is 0.750. The lowest BCUT2D eigenvalue weighted by atomic mass is 9.82. The SMILES string of the molecule is C#CCO[C@@H]1CN(C(=O)[O-])C(C(C)(C)C)[C@H]1N=[N+]=N. The minimum Gasteiger partial charge on any atom is -0.530 e. The van der Waals surface area contributed by atoms with Crippen molar-refractivity contribution in [3.05, 3.63) is 0 Å². The fourth-order valence-electron chi connectivity index (χ4n) is 2.48. The first-order valence-corrected chi connectivity index (χ1v) is 5.92. The molecule has 1 fully saturated rings. The van der Waals surface area contributed by atoms with Gasteiger partial charge in [-0.25, -0.2) is 0 Å². The van der Waals surface area contributed by atoms with E-state index in [4.69, 9.17) is 16.7 Å². The Morgan fingerprint density at radius 1 is 1.68 bits per heavy atom. The van der Waals surface area contributed by atoms with E-state index in [0.717, 1.165) is 0 Å². The van der Waals surface area contributed by atoms with Crippen molar-refractivity contribution in [2.24, 2.45) is 10.5 Å². The summed E-state index contributed by atoms with van der Waals surface area (Å²) in [4.78, 5) is 15.4. The van der Waals surface area contributed by atoms with Crippen LogP contribution in [0.15, 0.2) is 5.11 Å². The van der Waals surface area contributed by atoms with Crippen LogP contribution in [-0.4, -0.2) is 42.3 Å². The molecular formula is C12H18N4O3. The summed E-state index contributed by atoms with van der Waals surface area (Å²) >= 11 is 0. The maximum Gasteiger partial charge on any atom is 0.214 e. The number of hydrogen-bond donors (Lipinski definition) is 1. The fourth-order valence-corrected chi connectivity index (χ4v) is 2.48. The van der Waals surface area contributed by atoms with Crippen molar-refractivity contribution in [2.75, 3.05) is 13.2 Å². The van der Waals surface area contributed by atoms with Crippen LogP contribution in [0, 0.1) is 23.3 Å². The summed E-state index contributed by atoms with van der Waals surface area (Å²) in [5.74, 6) is 2.33. The Balaban J connectivity index is 3.09. The largest absolute Gasteiger partial charge is 0.530 e. The van der Waals surface area contributed by atoms with Crippen LogP contribution in [0.4, 0.5) is 4.79 Å². The number of nitrogens with one attached hydrogen (secondary N) is 1. The number of likely N-dealkylation sites (tertiary alicyclic amines) is 1. The van der Waals surface area contributed by atoms with Gasteiger partial charge in [0.05, 0.1) is 6.04 Å². The second-order valence-electron chi connectivity index (χ2n) is 5.49. The van der Waals surface area contributed by atoms with E-state index in [1.165, 1.54) is 4.90 Å². The van der Waals surface area contributed by atoms with Crippen LogP contribution in [0.5, 0.6) is 0 Å². The highest BCUT2D eigenvalue weighted by Gasteiger charge is 2.51.